The summed E-state index contributed by atoms with van der Waals surface area (Å²) >= 11 is 0. The van der Waals surface area contributed by atoms with Gasteiger partial charge in [0.1, 0.15) is 12.4 Å². The Kier molecular flexibility index (Phi) is 8.12. The molecule has 1 saturated heterocycles. The van der Waals surface area contributed by atoms with Gasteiger partial charge in [-0.25, -0.2) is 0 Å². The van der Waals surface area contributed by atoms with E-state index >= 15 is 0 Å². The topological polar surface area (TPSA) is 95.1 Å². The van der Waals surface area contributed by atoms with Crippen LogP contribution in [-0.4, -0.2) is 44.8 Å². The van der Waals surface area contributed by atoms with Crippen molar-refractivity contribution in [3.63, 3.8) is 0 Å². The highest BCUT2D eigenvalue weighted by atomic mass is 16.5. The highest BCUT2D eigenvalue weighted by molar-refractivity contribution is 5.99. The summed E-state index contributed by atoms with van der Waals surface area (Å²) in [4.78, 5) is 24.7. The molecule has 1 heterocycles. The van der Waals surface area contributed by atoms with E-state index in [2.05, 4.69) is 10.9 Å². The van der Waals surface area contributed by atoms with Crippen LogP contribution in [0.5, 0.6) is 17.2 Å². The molecule has 3 rings (SSSR count). The maximum absolute atomic E-state index is 12.4. The van der Waals surface area contributed by atoms with Crippen molar-refractivity contribution < 1.29 is 28.5 Å². The minimum absolute atomic E-state index is 0.129. The highest BCUT2D eigenvalue weighted by Gasteiger charge is 2.16. The number of nitrogens with one attached hydrogen (secondary N) is 2. The lowest BCUT2D eigenvalue weighted by molar-refractivity contribution is 0.0679. The Hall–Kier alpha value is -3.26. The van der Waals surface area contributed by atoms with Gasteiger partial charge in [0.25, 0.3) is 11.8 Å². The Morgan fingerprint density at radius 1 is 1.00 bits per heavy atom. The molecule has 2 amide bonds. The third-order valence-electron chi connectivity index (χ3n) is 4.75. The zero-order chi connectivity index (χ0) is 22.1. The van der Waals surface area contributed by atoms with Gasteiger partial charge < -0.3 is 18.9 Å². The van der Waals surface area contributed by atoms with Crippen molar-refractivity contribution in [2.24, 2.45) is 0 Å². The second-order valence-corrected chi connectivity index (χ2v) is 7.09. The lowest BCUT2D eigenvalue weighted by Crippen LogP contribution is -2.41. The SMILES string of the molecule is CCCOc1ccc(C(=O)NNC(=O)c2ccc(OC[C@H]3CCCO3)cc2)cc1OC. The number of benzene rings is 2. The second kappa shape index (κ2) is 11.2. The predicted octanol–water partition coefficient (Wildman–Crippen LogP) is 3.12. The zero-order valence-corrected chi connectivity index (χ0v) is 17.8. The first-order chi connectivity index (χ1) is 15.1. The van der Waals surface area contributed by atoms with Gasteiger partial charge in [0.2, 0.25) is 0 Å². The number of amides is 2. The van der Waals surface area contributed by atoms with Crippen LogP contribution in [0, 0.1) is 0 Å². The summed E-state index contributed by atoms with van der Waals surface area (Å²) in [6.07, 6.45) is 3.05. The Morgan fingerprint density at radius 2 is 1.71 bits per heavy atom. The first kappa shape index (κ1) is 22.4. The molecule has 0 unspecified atom stereocenters. The molecular formula is C23H28N2O6. The van der Waals surface area contributed by atoms with Gasteiger partial charge in [-0.05, 0) is 61.7 Å². The Morgan fingerprint density at radius 3 is 2.35 bits per heavy atom. The van der Waals surface area contributed by atoms with E-state index < -0.39 is 11.8 Å². The fourth-order valence-electron chi connectivity index (χ4n) is 3.07. The number of hydrazine groups is 1. The van der Waals surface area contributed by atoms with Crippen molar-refractivity contribution >= 4 is 11.8 Å². The van der Waals surface area contributed by atoms with E-state index in [4.69, 9.17) is 18.9 Å². The van der Waals surface area contributed by atoms with Crippen LogP contribution in [0.2, 0.25) is 0 Å². The van der Waals surface area contributed by atoms with E-state index in [0.717, 1.165) is 25.9 Å². The molecule has 0 spiro atoms. The van der Waals surface area contributed by atoms with Crippen LogP contribution in [-0.2, 0) is 4.74 Å². The second-order valence-electron chi connectivity index (χ2n) is 7.09. The van der Waals surface area contributed by atoms with Gasteiger partial charge in [-0.1, -0.05) is 6.92 Å². The van der Waals surface area contributed by atoms with Crippen molar-refractivity contribution in [2.45, 2.75) is 32.3 Å². The number of rotatable bonds is 9. The van der Waals surface area contributed by atoms with Crippen LogP contribution in [0.15, 0.2) is 42.5 Å². The lowest BCUT2D eigenvalue weighted by Gasteiger charge is -2.13. The molecule has 2 aromatic carbocycles. The maximum Gasteiger partial charge on any atom is 0.269 e. The third-order valence-corrected chi connectivity index (χ3v) is 4.75. The van der Waals surface area contributed by atoms with Crippen LogP contribution in [0.25, 0.3) is 0 Å². The molecule has 31 heavy (non-hydrogen) atoms. The summed E-state index contributed by atoms with van der Waals surface area (Å²) in [5, 5.41) is 0. The van der Waals surface area contributed by atoms with Crippen molar-refractivity contribution in [3.8, 4) is 17.2 Å². The Balaban J connectivity index is 1.50. The van der Waals surface area contributed by atoms with Gasteiger partial charge in [-0.15, -0.1) is 0 Å². The van der Waals surface area contributed by atoms with Crippen molar-refractivity contribution in [1.82, 2.24) is 10.9 Å². The molecule has 0 radical (unpaired) electrons. The van der Waals surface area contributed by atoms with Crippen molar-refractivity contribution in [1.29, 1.82) is 0 Å². The van der Waals surface area contributed by atoms with Crippen LogP contribution in [0.1, 0.15) is 46.9 Å². The van der Waals surface area contributed by atoms with Gasteiger partial charge in [-0.3, -0.25) is 20.4 Å². The Labute approximate surface area is 181 Å². The first-order valence-corrected chi connectivity index (χ1v) is 10.4. The van der Waals surface area contributed by atoms with Crippen molar-refractivity contribution in [2.75, 3.05) is 26.9 Å². The molecule has 2 aromatic rings. The molecule has 1 atom stereocenters. The Bertz CT molecular complexity index is 878. The minimum Gasteiger partial charge on any atom is -0.493 e. The summed E-state index contributed by atoms with van der Waals surface area (Å²) < 4.78 is 22.1. The molecule has 1 fully saturated rings. The van der Waals surface area contributed by atoms with Gasteiger partial charge >= 0.3 is 0 Å². The van der Waals surface area contributed by atoms with E-state index in [1.54, 1.807) is 42.5 Å². The predicted molar refractivity (Wildman–Crippen MR) is 115 cm³/mol. The lowest BCUT2D eigenvalue weighted by atomic mass is 10.2. The van der Waals surface area contributed by atoms with Gasteiger partial charge in [0.15, 0.2) is 11.5 Å². The molecule has 0 bridgehead atoms. The van der Waals surface area contributed by atoms with Gasteiger partial charge in [-0.2, -0.15) is 0 Å². The fourth-order valence-corrected chi connectivity index (χ4v) is 3.07. The van der Waals surface area contributed by atoms with Crippen LogP contribution in [0.3, 0.4) is 0 Å². The summed E-state index contributed by atoms with van der Waals surface area (Å²) in [7, 11) is 1.51. The fraction of sp³-hybridized carbons (Fsp3) is 0.391. The van der Waals surface area contributed by atoms with Crippen LogP contribution in [0.4, 0.5) is 0 Å². The van der Waals surface area contributed by atoms with Crippen molar-refractivity contribution in [3.05, 3.63) is 53.6 Å². The van der Waals surface area contributed by atoms with E-state index in [1.165, 1.54) is 7.11 Å². The normalized spacial score (nSPS) is 15.2. The largest absolute Gasteiger partial charge is 0.493 e. The molecule has 8 heteroatoms. The number of carbonyl (C=O) groups excluding carboxylic acids is 2. The van der Waals surface area contributed by atoms with Crippen LogP contribution >= 0.6 is 0 Å². The van der Waals surface area contributed by atoms with E-state index in [1.807, 2.05) is 6.92 Å². The molecule has 0 saturated carbocycles. The standard InChI is InChI=1S/C23H28N2O6/c1-3-12-30-20-11-8-17(14-21(20)28-2)23(27)25-24-22(26)16-6-9-18(10-7-16)31-15-19-5-4-13-29-19/h6-11,14,19H,3-5,12-13,15H2,1-2H3,(H,24,26)(H,25,27)/t19-/m1/s1. The smallest absolute Gasteiger partial charge is 0.269 e. The number of ether oxygens (including phenoxy) is 4. The summed E-state index contributed by atoms with van der Waals surface area (Å²) in [6.45, 7) is 3.83. The average molecular weight is 428 g/mol. The molecule has 166 valence electrons. The minimum atomic E-state index is -0.467. The maximum atomic E-state index is 12.4. The highest BCUT2D eigenvalue weighted by Crippen LogP contribution is 2.28. The zero-order valence-electron chi connectivity index (χ0n) is 17.8. The molecule has 8 nitrogen and oxygen atoms in total. The molecule has 2 N–H and O–H groups in total. The summed E-state index contributed by atoms with van der Waals surface area (Å²) in [6, 6.07) is 11.5. The molecule has 1 aliphatic rings. The summed E-state index contributed by atoms with van der Waals surface area (Å²) in [5.41, 5.74) is 5.54. The number of hydrogen-bond donors (Lipinski definition) is 2. The quantitative estimate of drug-likeness (QED) is 0.596. The van der Waals surface area contributed by atoms with Gasteiger partial charge in [0, 0.05) is 17.7 Å². The van der Waals surface area contributed by atoms with Crippen LogP contribution < -0.4 is 25.1 Å². The molecule has 0 aromatic heterocycles. The molecule has 0 aliphatic carbocycles. The van der Waals surface area contributed by atoms with Gasteiger partial charge in [0.05, 0.1) is 19.8 Å². The van der Waals surface area contributed by atoms with E-state index in [-0.39, 0.29) is 6.10 Å². The summed E-state index contributed by atoms with van der Waals surface area (Å²) in [5.74, 6) is 0.769. The average Bonchev–Trinajstić information content (AvgIpc) is 3.33. The van der Waals surface area contributed by atoms with E-state index in [0.29, 0.717) is 41.6 Å². The first-order valence-electron chi connectivity index (χ1n) is 10.4. The third kappa shape index (κ3) is 6.36. The number of methoxy groups -OCH3 is 1. The number of carbonyl (C=O) groups is 2. The number of hydrogen-bond acceptors (Lipinski definition) is 6. The molecule has 1 aliphatic heterocycles. The monoisotopic (exact) mass is 428 g/mol. The molecular weight excluding hydrogens is 400 g/mol. The van der Waals surface area contributed by atoms with E-state index in [9.17, 15) is 9.59 Å².